The molecule has 3 aromatic rings. The number of nitrogens with zero attached hydrogens (tertiary/aromatic N) is 1. The minimum Gasteiger partial charge on any atom is -0.447 e. The molecule has 0 aromatic heterocycles. The number of nitro benzene ring substituents is 1. The van der Waals surface area contributed by atoms with E-state index in [2.05, 4.69) is 10.9 Å². The highest BCUT2D eigenvalue weighted by Gasteiger charge is 2.29. The van der Waals surface area contributed by atoms with Crippen molar-refractivity contribution in [3.8, 4) is 16.9 Å². The van der Waals surface area contributed by atoms with Crippen molar-refractivity contribution in [1.29, 1.82) is 0 Å². The average Bonchev–Trinajstić information content (AvgIpc) is 3.10. The second-order valence-electron chi connectivity index (χ2n) is 6.72. The molecule has 0 saturated heterocycles. The molecule has 3 aromatic carbocycles. The number of nitro groups is 1. The molecule has 9 heteroatoms. The predicted molar refractivity (Wildman–Crippen MR) is 110 cm³/mol. The van der Waals surface area contributed by atoms with Gasteiger partial charge in [-0.15, -0.1) is 0 Å². The lowest BCUT2D eigenvalue weighted by Crippen LogP contribution is -2.43. The molecule has 0 spiro atoms. The molecule has 0 heterocycles. The van der Waals surface area contributed by atoms with Crippen LogP contribution in [0.2, 0.25) is 0 Å². The maximum Gasteiger partial charge on any atom is 0.431 e. The van der Waals surface area contributed by atoms with Crippen molar-refractivity contribution < 1.29 is 24.0 Å². The van der Waals surface area contributed by atoms with Gasteiger partial charge in [0.05, 0.1) is 4.92 Å². The fraction of sp³-hybridized carbons (Fsp3) is 0.0909. The van der Waals surface area contributed by atoms with Crippen molar-refractivity contribution in [3.05, 3.63) is 94.0 Å². The number of nitrogens with one attached hydrogen (secondary N) is 2. The number of carbonyl (C=O) groups is 2. The molecule has 0 saturated carbocycles. The second kappa shape index (κ2) is 8.54. The van der Waals surface area contributed by atoms with Crippen LogP contribution >= 0.6 is 0 Å². The second-order valence-corrected chi connectivity index (χ2v) is 6.72. The van der Waals surface area contributed by atoms with Crippen LogP contribution in [0.3, 0.4) is 0 Å². The van der Waals surface area contributed by atoms with E-state index in [0.717, 1.165) is 22.3 Å². The Balaban J connectivity index is 1.30. The normalized spacial score (nSPS) is 11.7. The monoisotopic (exact) mass is 419 g/mol. The van der Waals surface area contributed by atoms with Crippen LogP contribution in [-0.4, -0.2) is 23.7 Å². The summed E-state index contributed by atoms with van der Waals surface area (Å²) in [5, 5.41) is 10.6. The largest absolute Gasteiger partial charge is 0.447 e. The number of benzene rings is 3. The first-order chi connectivity index (χ1) is 15.0. The van der Waals surface area contributed by atoms with Crippen LogP contribution in [0.5, 0.6) is 5.75 Å². The van der Waals surface area contributed by atoms with Gasteiger partial charge in [0.2, 0.25) is 0 Å². The Morgan fingerprint density at radius 2 is 1.39 bits per heavy atom. The van der Waals surface area contributed by atoms with Crippen molar-refractivity contribution in [3.63, 3.8) is 0 Å². The molecule has 1 aliphatic rings. The molecule has 1 aliphatic carbocycles. The summed E-state index contributed by atoms with van der Waals surface area (Å²) in [6.45, 7) is 0.0962. The number of hydrogen-bond acceptors (Lipinski definition) is 6. The van der Waals surface area contributed by atoms with Crippen LogP contribution in [0.15, 0.2) is 72.8 Å². The zero-order chi connectivity index (χ0) is 21.8. The summed E-state index contributed by atoms with van der Waals surface area (Å²) in [7, 11) is 0. The fourth-order valence-electron chi connectivity index (χ4n) is 3.51. The van der Waals surface area contributed by atoms with Crippen LogP contribution < -0.4 is 15.6 Å². The van der Waals surface area contributed by atoms with E-state index >= 15 is 0 Å². The van der Waals surface area contributed by atoms with Crippen molar-refractivity contribution >= 4 is 17.9 Å². The van der Waals surface area contributed by atoms with Gasteiger partial charge in [-0.25, -0.2) is 20.4 Å². The number of non-ortho nitro benzene ring substituents is 1. The Hall–Kier alpha value is -4.40. The molecule has 0 aliphatic heterocycles. The fourth-order valence-corrected chi connectivity index (χ4v) is 3.51. The zero-order valence-corrected chi connectivity index (χ0v) is 16.1. The molecule has 0 unspecified atom stereocenters. The Bertz CT molecular complexity index is 1100. The van der Waals surface area contributed by atoms with Gasteiger partial charge in [-0.3, -0.25) is 10.1 Å². The quantitative estimate of drug-likeness (QED) is 0.485. The number of amides is 2. The smallest absolute Gasteiger partial charge is 0.431 e. The van der Waals surface area contributed by atoms with Crippen molar-refractivity contribution in [2.75, 3.05) is 6.61 Å². The van der Waals surface area contributed by atoms with Gasteiger partial charge in [0.25, 0.3) is 5.69 Å². The number of hydrazine groups is 1. The van der Waals surface area contributed by atoms with Crippen LogP contribution in [0.1, 0.15) is 17.0 Å². The van der Waals surface area contributed by atoms with Crippen molar-refractivity contribution in [1.82, 2.24) is 10.9 Å². The summed E-state index contributed by atoms with van der Waals surface area (Å²) in [5.74, 6) is -0.0253. The highest BCUT2D eigenvalue weighted by Crippen LogP contribution is 2.44. The lowest BCUT2D eigenvalue weighted by molar-refractivity contribution is -0.384. The van der Waals surface area contributed by atoms with E-state index in [-0.39, 0.29) is 24.0 Å². The molecule has 4 rings (SSSR count). The van der Waals surface area contributed by atoms with Crippen molar-refractivity contribution in [2.45, 2.75) is 5.92 Å². The predicted octanol–water partition coefficient (Wildman–Crippen LogP) is 4.14. The first-order valence-electron chi connectivity index (χ1n) is 9.36. The average molecular weight is 419 g/mol. The van der Waals surface area contributed by atoms with E-state index in [1.165, 1.54) is 24.3 Å². The first kappa shape index (κ1) is 19.9. The summed E-state index contributed by atoms with van der Waals surface area (Å²) < 4.78 is 10.2. The van der Waals surface area contributed by atoms with Crippen LogP contribution in [0, 0.1) is 10.1 Å². The standard InChI is InChI=1S/C22H17N3O6/c26-21(23-24-22(27)31-15-11-9-14(10-12-15)25(28)29)30-13-20-18-7-3-1-5-16(18)17-6-2-4-8-19(17)20/h1-12,20H,13H2,(H,23,26)(H,24,27). The van der Waals surface area contributed by atoms with E-state index in [4.69, 9.17) is 9.47 Å². The molecule has 0 bridgehead atoms. The van der Waals surface area contributed by atoms with Gasteiger partial charge < -0.3 is 9.47 Å². The molecular formula is C22H17N3O6. The Labute approximate surface area is 176 Å². The number of hydrogen-bond donors (Lipinski definition) is 2. The third kappa shape index (κ3) is 4.30. The van der Waals surface area contributed by atoms with Gasteiger partial charge in [0, 0.05) is 18.1 Å². The summed E-state index contributed by atoms with van der Waals surface area (Å²) in [6, 6.07) is 20.8. The first-order valence-corrected chi connectivity index (χ1v) is 9.36. The topological polar surface area (TPSA) is 120 Å². The van der Waals surface area contributed by atoms with E-state index < -0.39 is 17.1 Å². The number of ether oxygens (including phenoxy) is 2. The molecule has 31 heavy (non-hydrogen) atoms. The number of rotatable bonds is 4. The van der Waals surface area contributed by atoms with E-state index in [1.54, 1.807) is 0 Å². The number of carbonyl (C=O) groups excluding carboxylic acids is 2. The molecule has 2 amide bonds. The van der Waals surface area contributed by atoms with Gasteiger partial charge in [0.1, 0.15) is 12.4 Å². The maximum absolute atomic E-state index is 12.0. The summed E-state index contributed by atoms with van der Waals surface area (Å²) >= 11 is 0. The summed E-state index contributed by atoms with van der Waals surface area (Å²) in [4.78, 5) is 33.9. The SMILES string of the molecule is O=C(NNC(=O)Oc1ccc([N+](=O)[O-])cc1)OCC1c2ccccc2-c2ccccc21. The van der Waals surface area contributed by atoms with E-state index in [1.807, 2.05) is 48.5 Å². The molecule has 0 radical (unpaired) electrons. The zero-order valence-electron chi connectivity index (χ0n) is 16.1. The molecule has 0 fully saturated rings. The summed E-state index contributed by atoms with van der Waals surface area (Å²) in [6.07, 6.45) is -1.81. The van der Waals surface area contributed by atoms with Gasteiger partial charge in [-0.05, 0) is 34.4 Å². The van der Waals surface area contributed by atoms with E-state index in [9.17, 15) is 19.7 Å². The van der Waals surface area contributed by atoms with Gasteiger partial charge in [-0.1, -0.05) is 48.5 Å². The van der Waals surface area contributed by atoms with Crippen LogP contribution in [0.25, 0.3) is 11.1 Å². The molecule has 9 nitrogen and oxygen atoms in total. The number of fused-ring (bicyclic) bond motifs is 3. The van der Waals surface area contributed by atoms with Crippen molar-refractivity contribution in [2.24, 2.45) is 0 Å². The van der Waals surface area contributed by atoms with Gasteiger partial charge in [-0.2, -0.15) is 0 Å². The minimum absolute atomic E-state index is 0.0810. The maximum atomic E-state index is 12.0. The van der Waals surface area contributed by atoms with E-state index in [0.29, 0.717) is 0 Å². The Morgan fingerprint density at radius 3 is 1.97 bits per heavy atom. The molecular weight excluding hydrogens is 402 g/mol. The lowest BCUT2D eigenvalue weighted by Gasteiger charge is -2.14. The van der Waals surface area contributed by atoms with Gasteiger partial charge >= 0.3 is 12.2 Å². The van der Waals surface area contributed by atoms with Crippen LogP contribution in [0.4, 0.5) is 15.3 Å². The van der Waals surface area contributed by atoms with Gasteiger partial charge in [0.15, 0.2) is 0 Å². The Kier molecular flexibility index (Phi) is 5.48. The Morgan fingerprint density at radius 1 is 0.839 bits per heavy atom. The third-order valence-corrected chi connectivity index (χ3v) is 4.87. The molecule has 0 atom stereocenters. The third-order valence-electron chi connectivity index (χ3n) is 4.87. The summed E-state index contributed by atoms with van der Waals surface area (Å²) in [5.41, 5.74) is 8.40. The lowest BCUT2D eigenvalue weighted by atomic mass is 9.98. The molecule has 156 valence electrons. The van der Waals surface area contributed by atoms with Crippen LogP contribution in [-0.2, 0) is 4.74 Å². The minimum atomic E-state index is -0.970. The molecule has 2 N–H and O–H groups in total. The highest BCUT2D eigenvalue weighted by atomic mass is 16.6. The highest BCUT2D eigenvalue weighted by molar-refractivity contribution is 5.79.